The van der Waals surface area contributed by atoms with Crippen LogP contribution in [0.5, 0.6) is 0 Å². The van der Waals surface area contributed by atoms with Gasteiger partial charge < -0.3 is 19.9 Å². The van der Waals surface area contributed by atoms with Gasteiger partial charge in [-0.05, 0) is 26.7 Å². The lowest BCUT2D eigenvalue weighted by Gasteiger charge is -2.35. The van der Waals surface area contributed by atoms with E-state index in [4.69, 9.17) is 9.47 Å². The maximum absolute atomic E-state index is 13.2. The zero-order valence-corrected chi connectivity index (χ0v) is 15.9. The number of ether oxygens (including phenoxy) is 2. The van der Waals surface area contributed by atoms with Gasteiger partial charge in [-0.1, -0.05) is 13.8 Å². The third kappa shape index (κ3) is 1.84. The zero-order valence-electron chi connectivity index (χ0n) is 15.1. The maximum atomic E-state index is 13.2. The van der Waals surface area contributed by atoms with Crippen molar-refractivity contribution in [3.63, 3.8) is 0 Å². The van der Waals surface area contributed by atoms with E-state index in [0.29, 0.717) is 25.0 Å². The van der Waals surface area contributed by atoms with E-state index in [1.54, 1.807) is 6.92 Å². The molecular weight excluding hydrogens is 358 g/mol. The molecule has 4 rings (SSSR count). The largest absolute Gasteiger partial charge is 0.478 e. The van der Waals surface area contributed by atoms with Gasteiger partial charge in [0.25, 0.3) is 5.91 Å². The molecule has 1 aliphatic carbocycles. The highest BCUT2D eigenvalue weighted by molar-refractivity contribution is 7.17. The fourth-order valence-electron chi connectivity index (χ4n) is 4.56. The van der Waals surface area contributed by atoms with Crippen LogP contribution in [-0.4, -0.2) is 28.6 Å². The Hall–Kier alpha value is -1.93. The van der Waals surface area contributed by atoms with E-state index >= 15 is 0 Å². The Bertz CT molecular complexity index is 858. The number of anilines is 1. The summed E-state index contributed by atoms with van der Waals surface area (Å²) in [6.07, 6.45) is 0.678. The molecule has 3 aliphatic rings. The van der Waals surface area contributed by atoms with Crippen LogP contribution in [0.3, 0.4) is 0 Å². The number of esters is 1. The quantitative estimate of drug-likeness (QED) is 0.783. The summed E-state index contributed by atoms with van der Waals surface area (Å²) in [6, 6.07) is 0. The van der Waals surface area contributed by atoms with Crippen LogP contribution in [-0.2, 0) is 25.7 Å². The van der Waals surface area contributed by atoms with Gasteiger partial charge in [0.1, 0.15) is 10.6 Å². The van der Waals surface area contributed by atoms with Crippen molar-refractivity contribution >= 4 is 34.2 Å². The van der Waals surface area contributed by atoms with Gasteiger partial charge in [0, 0.05) is 15.9 Å². The first-order valence-corrected chi connectivity index (χ1v) is 9.42. The van der Waals surface area contributed by atoms with E-state index in [2.05, 4.69) is 5.32 Å². The van der Waals surface area contributed by atoms with Crippen LogP contribution in [0.1, 0.15) is 67.4 Å². The van der Waals surface area contributed by atoms with Gasteiger partial charge in [-0.15, -0.1) is 11.3 Å². The number of hydrogen-bond acceptors (Lipinski definition) is 6. The van der Waals surface area contributed by atoms with Gasteiger partial charge in [0.05, 0.1) is 18.1 Å². The lowest BCUT2D eigenvalue weighted by molar-refractivity contribution is -0.165. The Labute approximate surface area is 154 Å². The monoisotopic (exact) mass is 379 g/mol. The zero-order chi connectivity index (χ0) is 19.1. The minimum atomic E-state index is -1.27. The Balaban J connectivity index is 1.72. The average molecular weight is 379 g/mol. The normalized spacial score (nSPS) is 33.8. The molecule has 26 heavy (non-hydrogen) atoms. The number of aromatic carboxylic acids is 1. The van der Waals surface area contributed by atoms with Gasteiger partial charge in [-0.3, -0.25) is 9.59 Å². The van der Waals surface area contributed by atoms with Crippen molar-refractivity contribution in [2.75, 3.05) is 5.32 Å². The molecule has 1 aromatic heterocycles. The summed E-state index contributed by atoms with van der Waals surface area (Å²) in [5.74, 6) is -1.92. The van der Waals surface area contributed by atoms with Crippen LogP contribution in [0.15, 0.2) is 0 Å². The number of thiophene rings is 1. The van der Waals surface area contributed by atoms with E-state index < -0.39 is 28.3 Å². The molecule has 2 fully saturated rings. The van der Waals surface area contributed by atoms with Crippen molar-refractivity contribution in [2.45, 2.75) is 58.8 Å². The van der Waals surface area contributed by atoms with Crippen LogP contribution in [0, 0.1) is 10.8 Å². The first-order chi connectivity index (χ1) is 12.0. The maximum Gasteiger partial charge on any atom is 0.339 e. The number of carbonyl (C=O) groups is 3. The molecule has 8 heteroatoms. The number of fused-ring (bicyclic) bond motifs is 3. The molecule has 0 radical (unpaired) electrons. The van der Waals surface area contributed by atoms with Crippen LogP contribution in [0.4, 0.5) is 5.00 Å². The predicted molar refractivity (Wildman–Crippen MR) is 93.1 cm³/mol. The summed E-state index contributed by atoms with van der Waals surface area (Å²) in [6.45, 7) is 7.69. The summed E-state index contributed by atoms with van der Waals surface area (Å²) in [4.78, 5) is 38.1. The van der Waals surface area contributed by atoms with Crippen molar-refractivity contribution in [3.05, 3.63) is 16.0 Å². The smallest absolute Gasteiger partial charge is 0.339 e. The van der Waals surface area contributed by atoms with E-state index in [0.717, 1.165) is 4.88 Å². The summed E-state index contributed by atoms with van der Waals surface area (Å²) in [7, 11) is 0. The highest BCUT2D eigenvalue weighted by atomic mass is 32.1. The molecular formula is C18H21NO6S. The second-order valence-corrected chi connectivity index (χ2v) is 9.13. The third-order valence-electron chi connectivity index (χ3n) is 6.78. The summed E-state index contributed by atoms with van der Waals surface area (Å²) in [5.41, 5.74) is -1.97. The molecule has 3 atom stereocenters. The molecule has 2 aliphatic heterocycles. The summed E-state index contributed by atoms with van der Waals surface area (Å²) < 4.78 is 11.1. The number of carbonyl (C=O) groups excluding carboxylic acids is 2. The van der Waals surface area contributed by atoms with Crippen molar-refractivity contribution in [1.82, 2.24) is 0 Å². The Morgan fingerprint density at radius 1 is 1.27 bits per heavy atom. The number of nitrogens with one attached hydrogen (secondary N) is 1. The van der Waals surface area contributed by atoms with E-state index in [1.807, 2.05) is 20.8 Å². The number of carboxylic acid groups (broad SMARTS) is 1. The van der Waals surface area contributed by atoms with E-state index in [1.165, 1.54) is 11.3 Å². The molecule has 2 N–H and O–H groups in total. The molecule has 1 amide bonds. The van der Waals surface area contributed by atoms with Crippen LogP contribution >= 0.6 is 11.3 Å². The van der Waals surface area contributed by atoms with Crippen LogP contribution in [0.2, 0.25) is 0 Å². The SMILES string of the molecule is CC1OCc2sc(NC(=O)[C@]34CC[C@@](C)(C(=O)O3)C4(C)C)c(C(=O)O)c21. The second kappa shape index (κ2) is 5.07. The van der Waals surface area contributed by atoms with Crippen molar-refractivity contribution in [2.24, 2.45) is 10.8 Å². The fraction of sp³-hybridized carbons (Fsp3) is 0.611. The molecule has 3 heterocycles. The first-order valence-electron chi connectivity index (χ1n) is 8.60. The van der Waals surface area contributed by atoms with Gasteiger partial charge in [0.15, 0.2) is 5.60 Å². The van der Waals surface area contributed by atoms with Gasteiger partial charge in [-0.2, -0.15) is 0 Å². The molecule has 0 spiro atoms. The molecule has 1 saturated heterocycles. The van der Waals surface area contributed by atoms with Gasteiger partial charge >= 0.3 is 11.9 Å². The Kier molecular flexibility index (Phi) is 3.41. The first kappa shape index (κ1) is 17.5. The van der Waals surface area contributed by atoms with Crippen LogP contribution in [0.25, 0.3) is 0 Å². The predicted octanol–water partition coefficient (Wildman–Crippen LogP) is 3.10. The fourth-order valence-corrected chi connectivity index (χ4v) is 5.76. The lowest BCUT2D eigenvalue weighted by atomic mass is 9.66. The standard InChI is InChI=1S/C18H21NO6S/c1-8-10-9(7-24-8)26-12(11(10)13(20)21)19-14(22)18-6-5-17(4,15(23)25-18)16(18,2)3/h8H,5-7H2,1-4H3,(H,19,22)(H,20,21)/t8?,17-,18-/m0/s1. The number of amides is 1. The Morgan fingerprint density at radius 2 is 1.96 bits per heavy atom. The van der Waals surface area contributed by atoms with Crippen LogP contribution < -0.4 is 5.32 Å². The molecule has 7 nitrogen and oxygen atoms in total. The molecule has 0 aromatic carbocycles. The van der Waals surface area contributed by atoms with Crippen molar-refractivity contribution < 1.29 is 29.0 Å². The number of hydrogen-bond donors (Lipinski definition) is 2. The molecule has 1 unspecified atom stereocenters. The van der Waals surface area contributed by atoms with E-state index in [-0.39, 0.29) is 22.6 Å². The molecule has 2 bridgehead atoms. The number of carboxylic acids is 1. The minimum absolute atomic E-state index is 0.0719. The lowest BCUT2D eigenvalue weighted by Crippen LogP contribution is -2.50. The summed E-state index contributed by atoms with van der Waals surface area (Å²) >= 11 is 1.21. The second-order valence-electron chi connectivity index (χ2n) is 8.03. The topological polar surface area (TPSA) is 102 Å². The van der Waals surface area contributed by atoms with Crippen molar-refractivity contribution in [3.8, 4) is 0 Å². The minimum Gasteiger partial charge on any atom is -0.478 e. The third-order valence-corrected chi connectivity index (χ3v) is 7.88. The van der Waals surface area contributed by atoms with Gasteiger partial charge in [-0.25, -0.2) is 4.79 Å². The van der Waals surface area contributed by atoms with E-state index in [9.17, 15) is 19.5 Å². The average Bonchev–Trinajstić information content (AvgIpc) is 3.18. The summed E-state index contributed by atoms with van der Waals surface area (Å²) in [5, 5.41) is 12.7. The molecule has 1 saturated carbocycles. The Morgan fingerprint density at radius 3 is 2.50 bits per heavy atom. The van der Waals surface area contributed by atoms with Gasteiger partial charge in [0.2, 0.25) is 0 Å². The molecule has 1 aromatic rings. The highest BCUT2D eigenvalue weighted by Gasteiger charge is 2.75. The number of rotatable bonds is 3. The van der Waals surface area contributed by atoms with Crippen molar-refractivity contribution in [1.29, 1.82) is 0 Å². The molecule has 140 valence electrons. The highest BCUT2D eigenvalue weighted by Crippen LogP contribution is 2.65.